The Bertz CT molecular complexity index is 707. The summed E-state index contributed by atoms with van der Waals surface area (Å²) in [6.07, 6.45) is 1.71. The number of rotatable bonds is 5. The quantitative estimate of drug-likeness (QED) is 0.738. The Hall–Kier alpha value is -2.75. The Kier molecular flexibility index (Phi) is 3.87. The van der Waals surface area contributed by atoms with Crippen molar-refractivity contribution in [2.24, 2.45) is 0 Å². The van der Waals surface area contributed by atoms with E-state index >= 15 is 0 Å². The highest BCUT2D eigenvalue weighted by Crippen LogP contribution is 2.24. The van der Waals surface area contributed by atoms with Crippen molar-refractivity contribution in [3.8, 4) is 11.5 Å². The third kappa shape index (κ3) is 3.42. The molecule has 2 N–H and O–H groups in total. The number of aromatic nitrogens is 2. The van der Waals surface area contributed by atoms with Gasteiger partial charge in [0.15, 0.2) is 0 Å². The fourth-order valence-corrected chi connectivity index (χ4v) is 2.05. The second-order valence-corrected chi connectivity index (χ2v) is 4.77. The molecule has 0 radical (unpaired) electrons. The number of benzene rings is 2. The van der Waals surface area contributed by atoms with Gasteiger partial charge >= 0.3 is 0 Å². The van der Waals surface area contributed by atoms with E-state index in [1.807, 2.05) is 61.5 Å². The van der Waals surface area contributed by atoms with E-state index in [-0.39, 0.29) is 0 Å². The summed E-state index contributed by atoms with van der Waals surface area (Å²) in [5.41, 5.74) is 3.11. The highest BCUT2D eigenvalue weighted by atomic mass is 16.5. The van der Waals surface area contributed by atoms with E-state index in [4.69, 9.17) is 4.74 Å². The summed E-state index contributed by atoms with van der Waals surface area (Å²) < 4.78 is 5.82. The van der Waals surface area contributed by atoms with E-state index in [1.165, 1.54) is 0 Å². The third-order valence-corrected chi connectivity index (χ3v) is 3.21. The largest absolute Gasteiger partial charge is 0.457 e. The number of hydrogen-bond acceptors (Lipinski definition) is 3. The van der Waals surface area contributed by atoms with Gasteiger partial charge in [0.1, 0.15) is 11.5 Å². The van der Waals surface area contributed by atoms with Gasteiger partial charge in [-0.2, -0.15) is 0 Å². The summed E-state index contributed by atoms with van der Waals surface area (Å²) in [4.78, 5) is 7.34. The van der Waals surface area contributed by atoms with Gasteiger partial charge in [0, 0.05) is 17.4 Å². The average molecular weight is 279 g/mol. The molecule has 0 aliphatic rings. The Morgan fingerprint density at radius 3 is 2.62 bits per heavy atom. The molecule has 0 fully saturated rings. The number of aryl methyl sites for hydroxylation is 1. The summed E-state index contributed by atoms with van der Waals surface area (Å²) in [5.74, 6) is 1.64. The van der Waals surface area contributed by atoms with Crippen LogP contribution >= 0.6 is 0 Å². The van der Waals surface area contributed by atoms with Crippen LogP contribution in [0.5, 0.6) is 11.5 Å². The Balaban J connectivity index is 1.67. The minimum atomic E-state index is 0.685. The molecule has 21 heavy (non-hydrogen) atoms. The number of imidazole rings is 1. The monoisotopic (exact) mass is 279 g/mol. The lowest BCUT2D eigenvalue weighted by molar-refractivity contribution is 0.483. The molecule has 0 saturated heterocycles. The van der Waals surface area contributed by atoms with E-state index < -0.39 is 0 Å². The predicted molar refractivity (Wildman–Crippen MR) is 83.6 cm³/mol. The lowest BCUT2D eigenvalue weighted by Crippen LogP contribution is -2.01. The molecule has 4 nitrogen and oxygen atoms in total. The topological polar surface area (TPSA) is 49.9 Å². The van der Waals surface area contributed by atoms with Gasteiger partial charge in [-0.15, -0.1) is 0 Å². The maximum absolute atomic E-state index is 5.82. The summed E-state index contributed by atoms with van der Waals surface area (Å²) in [5, 5.41) is 3.35. The van der Waals surface area contributed by atoms with Crippen molar-refractivity contribution in [3.63, 3.8) is 0 Å². The summed E-state index contributed by atoms with van der Waals surface area (Å²) >= 11 is 0. The zero-order valence-corrected chi connectivity index (χ0v) is 11.8. The van der Waals surface area contributed by atoms with E-state index in [1.54, 1.807) is 6.33 Å². The Morgan fingerprint density at radius 1 is 1.05 bits per heavy atom. The van der Waals surface area contributed by atoms with E-state index in [9.17, 15) is 0 Å². The minimum absolute atomic E-state index is 0.685. The standard InChI is InChI=1S/C17H17N3O/c1-13-17(20-12-19-13)11-18-14-6-5-9-16(10-14)21-15-7-3-2-4-8-15/h2-10,12,18H,11H2,1H3,(H,19,20). The first-order valence-electron chi connectivity index (χ1n) is 6.87. The second-order valence-electron chi connectivity index (χ2n) is 4.77. The van der Waals surface area contributed by atoms with Crippen molar-refractivity contribution in [3.05, 3.63) is 72.3 Å². The van der Waals surface area contributed by atoms with Crippen molar-refractivity contribution < 1.29 is 4.74 Å². The highest BCUT2D eigenvalue weighted by molar-refractivity contribution is 5.49. The van der Waals surface area contributed by atoms with Gasteiger partial charge < -0.3 is 15.0 Å². The van der Waals surface area contributed by atoms with Crippen LogP contribution < -0.4 is 10.1 Å². The van der Waals surface area contributed by atoms with E-state index in [2.05, 4.69) is 15.3 Å². The lowest BCUT2D eigenvalue weighted by atomic mass is 10.2. The van der Waals surface area contributed by atoms with Crippen LogP contribution in [-0.4, -0.2) is 9.97 Å². The van der Waals surface area contributed by atoms with Gasteiger partial charge in [0.05, 0.1) is 18.6 Å². The van der Waals surface area contributed by atoms with E-state index in [0.29, 0.717) is 6.54 Å². The number of H-pyrrole nitrogens is 1. The van der Waals surface area contributed by atoms with Crippen molar-refractivity contribution in [1.82, 2.24) is 9.97 Å². The van der Waals surface area contributed by atoms with Crippen molar-refractivity contribution in [1.29, 1.82) is 0 Å². The van der Waals surface area contributed by atoms with Crippen LogP contribution in [0.15, 0.2) is 60.9 Å². The lowest BCUT2D eigenvalue weighted by Gasteiger charge is -2.09. The summed E-state index contributed by atoms with van der Waals surface area (Å²) in [6, 6.07) is 17.7. The number of anilines is 1. The smallest absolute Gasteiger partial charge is 0.129 e. The number of para-hydroxylation sites is 1. The fourth-order valence-electron chi connectivity index (χ4n) is 2.05. The number of nitrogens with zero attached hydrogens (tertiary/aromatic N) is 1. The molecule has 3 aromatic rings. The number of nitrogens with one attached hydrogen (secondary N) is 2. The molecule has 2 aromatic carbocycles. The normalized spacial score (nSPS) is 10.3. The molecular formula is C17H17N3O. The molecule has 0 aliphatic carbocycles. The Morgan fingerprint density at radius 2 is 1.86 bits per heavy atom. The van der Waals surface area contributed by atoms with Crippen LogP contribution in [0, 0.1) is 6.92 Å². The SMILES string of the molecule is Cc1[nH]cnc1CNc1cccc(Oc2ccccc2)c1. The molecule has 0 amide bonds. The summed E-state index contributed by atoms with van der Waals surface area (Å²) in [6.45, 7) is 2.70. The van der Waals surface area contributed by atoms with Crippen LogP contribution in [0.3, 0.4) is 0 Å². The van der Waals surface area contributed by atoms with Crippen LogP contribution in [0.1, 0.15) is 11.4 Å². The molecule has 0 unspecified atom stereocenters. The average Bonchev–Trinajstić information content (AvgIpc) is 2.92. The molecule has 0 aliphatic heterocycles. The fraction of sp³-hybridized carbons (Fsp3) is 0.118. The zero-order chi connectivity index (χ0) is 14.5. The second kappa shape index (κ2) is 6.13. The molecule has 1 heterocycles. The number of ether oxygens (including phenoxy) is 1. The molecule has 0 spiro atoms. The van der Waals surface area contributed by atoms with Crippen LogP contribution in [-0.2, 0) is 6.54 Å². The predicted octanol–water partition coefficient (Wildman–Crippen LogP) is 4.12. The minimum Gasteiger partial charge on any atom is -0.457 e. The first-order chi connectivity index (χ1) is 10.3. The first kappa shape index (κ1) is 13.2. The van der Waals surface area contributed by atoms with Gasteiger partial charge in [-0.1, -0.05) is 24.3 Å². The van der Waals surface area contributed by atoms with Crippen LogP contribution in [0.25, 0.3) is 0 Å². The van der Waals surface area contributed by atoms with Crippen molar-refractivity contribution in [2.75, 3.05) is 5.32 Å². The van der Waals surface area contributed by atoms with Gasteiger partial charge in [0.25, 0.3) is 0 Å². The highest BCUT2D eigenvalue weighted by Gasteiger charge is 2.02. The molecule has 0 atom stereocenters. The zero-order valence-electron chi connectivity index (χ0n) is 11.8. The maximum atomic E-state index is 5.82. The van der Waals surface area contributed by atoms with Crippen molar-refractivity contribution >= 4 is 5.69 Å². The number of aromatic amines is 1. The Labute approximate surface area is 123 Å². The van der Waals surface area contributed by atoms with Gasteiger partial charge in [-0.05, 0) is 31.2 Å². The molecule has 0 saturated carbocycles. The molecule has 0 bridgehead atoms. The third-order valence-electron chi connectivity index (χ3n) is 3.21. The van der Waals surface area contributed by atoms with E-state index in [0.717, 1.165) is 28.6 Å². The maximum Gasteiger partial charge on any atom is 0.129 e. The number of hydrogen-bond donors (Lipinski definition) is 2. The van der Waals surface area contributed by atoms with Crippen LogP contribution in [0.4, 0.5) is 5.69 Å². The van der Waals surface area contributed by atoms with Crippen LogP contribution in [0.2, 0.25) is 0 Å². The molecule has 106 valence electrons. The first-order valence-corrected chi connectivity index (χ1v) is 6.87. The van der Waals surface area contributed by atoms with Gasteiger partial charge in [-0.3, -0.25) is 0 Å². The molecular weight excluding hydrogens is 262 g/mol. The molecule has 3 rings (SSSR count). The molecule has 1 aromatic heterocycles. The summed E-state index contributed by atoms with van der Waals surface area (Å²) in [7, 11) is 0. The van der Waals surface area contributed by atoms with Gasteiger partial charge in [0.2, 0.25) is 0 Å². The molecule has 4 heteroatoms. The van der Waals surface area contributed by atoms with Crippen molar-refractivity contribution in [2.45, 2.75) is 13.5 Å². The van der Waals surface area contributed by atoms with Gasteiger partial charge in [-0.25, -0.2) is 4.98 Å².